The summed E-state index contributed by atoms with van der Waals surface area (Å²) in [7, 11) is 2.08. The van der Waals surface area contributed by atoms with Crippen LogP contribution in [0.5, 0.6) is 0 Å². The summed E-state index contributed by atoms with van der Waals surface area (Å²) in [6.07, 6.45) is 4.56. The molecule has 0 heterocycles. The molecule has 1 aliphatic carbocycles. The van der Waals surface area contributed by atoms with Crippen LogP contribution in [-0.2, 0) is 4.79 Å². The van der Waals surface area contributed by atoms with E-state index in [4.69, 9.17) is 5.73 Å². The zero-order valence-electron chi connectivity index (χ0n) is 10.5. The van der Waals surface area contributed by atoms with Gasteiger partial charge in [-0.3, -0.25) is 4.79 Å². The minimum absolute atomic E-state index is 0.110. The van der Waals surface area contributed by atoms with Crippen LogP contribution in [0, 0.1) is 5.92 Å². The molecule has 0 aromatic carbocycles. The number of hydrogen-bond donors (Lipinski definition) is 2. The normalized spacial score (nSPS) is 18.2. The van der Waals surface area contributed by atoms with Gasteiger partial charge in [0.25, 0.3) is 0 Å². The monoisotopic (exact) mass is 227 g/mol. The van der Waals surface area contributed by atoms with E-state index in [0.717, 1.165) is 12.5 Å². The van der Waals surface area contributed by atoms with E-state index in [9.17, 15) is 4.79 Å². The third-order valence-electron chi connectivity index (χ3n) is 3.46. The van der Waals surface area contributed by atoms with Crippen LogP contribution in [0.4, 0.5) is 0 Å². The molecule has 1 unspecified atom stereocenters. The van der Waals surface area contributed by atoms with E-state index in [1.165, 1.54) is 19.3 Å². The van der Waals surface area contributed by atoms with Gasteiger partial charge in [0, 0.05) is 32.1 Å². The molecule has 0 saturated heterocycles. The highest BCUT2D eigenvalue weighted by Gasteiger charge is 2.23. The van der Waals surface area contributed by atoms with Crippen LogP contribution in [0.2, 0.25) is 0 Å². The van der Waals surface area contributed by atoms with Crippen molar-refractivity contribution in [1.29, 1.82) is 0 Å². The van der Waals surface area contributed by atoms with Crippen LogP contribution < -0.4 is 11.1 Å². The number of amides is 1. The molecule has 1 atom stereocenters. The fraction of sp³-hybridized carbons (Fsp3) is 0.917. The van der Waals surface area contributed by atoms with Crippen LogP contribution in [0.3, 0.4) is 0 Å². The maximum atomic E-state index is 11.5. The predicted molar refractivity (Wildman–Crippen MR) is 66.1 cm³/mol. The van der Waals surface area contributed by atoms with Crippen molar-refractivity contribution in [2.24, 2.45) is 11.7 Å². The van der Waals surface area contributed by atoms with Gasteiger partial charge in [0.05, 0.1) is 0 Å². The maximum Gasteiger partial charge on any atom is 0.221 e. The van der Waals surface area contributed by atoms with E-state index in [0.29, 0.717) is 19.5 Å². The predicted octanol–water partition coefficient (Wildman–Crippen LogP) is 0.572. The molecule has 16 heavy (non-hydrogen) atoms. The molecule has 3 N–H and O–H groups in total. The molecule has 1 amide bonds. The number of likely N-dealkylation sites (N-methyl/N-ethyl adjacent to an activating group) is 1. The van der Waals surface area contributed by atoms with Gasteiger partial charge < -0.3 is 16.0 Å². The van der Waals surface area contributed by atoms with Crippen LogP contribution in [0.1, 0.15) is 32.6 Å². The molecule has 0 aromatic rings. The molecule has 0 aliphatic heterocycles. The minimum Gasteiger partial charge on any atom is -0.356 e. The molecule has 1 rings (SSSR count). The van der Waals surface area contributed by atoms with Gasteiger partial charge in [-0.25, -0.2) is 0 Å². The molecule has 1 saturated carbocycles. The SMILES string of the molecule is CCNC(=O)CC(CN)N(C)CC1CCC1. The summed E-state index contributed by atoms with van der Waals surface area (Å²) in [5.74, 6) is 0.937. The molecule has 0 spiro atoms. The van der Waals surface area contributed by atoms with Gasteiger partial charge in [0.1, 0.15) is 0 Å². The topological polar surface area (TPSA) is 58.4 Å². The van der Waals surface area contributed by atoms with Crippen molar-refractivity contribution in [3.05, 3.63) is 0 Å². The Morgan fingerprint density at radius 1 is 1.56 bits per heavy atom. The lowest BCUT2D eigenvalue weighted by molar-refractivity contribution is -0.122. The van der Waals surface area contributed by atoms with E-state index in [2.05, 4.69) is 17.3 Å². The second kappa shape index (κ2) is 6.86. The molecular formula is C12H25N3O. The Labute approximate surface area is 98.6 Å². The molecule has 0 bridgehead atoms. The second-order valence-electron chi connectivity index (χ2n) is 4.78. The number of nitrogens with two attached hydrogens (primary N) is 1. The molecule has 4 heteroatoms. The summed E-state index contributed by atoms with van der Waals surface area (Å²) in [5.41, 5.74) is 5.73. The first-order valence-corrected chi connectivity index (χ1v) is 6.34. The smallest absolute Gasteiger partial charge is 0.221 e. The van der Waals surface area contributed by atoms with Gasteiger partial charge in [-0.15, -0.1) is 0 Å². The summed E-state index contributed by atoms with van der Waals surface area (Å²) in [5, 5.41) is 2.83. The third kappa shape index (κ3) is 4.10. The first kappa shape index (κ1) is 13.5. The highest BCUT2D eigenvalue weighted by molar-refractivity contribution is 5.76. The van der Waals surface area contributed by atoms with Crippen LogP contribution in [0.25, 0.3) is 0 Å². The molecule has 0 aromatic heterocycles. The first-order valence-electron chi connectivity index (χ1n) is 6.34. The van der Waals surface area contributed by atoms with Gasteiger partial charge in [-0.1, -0.05) is 6.42 Å². The lowest BCUT2D eigenvalue weighted by Gasteiger charge is -2.34. The lowest BCUT2D eigenvalue weighted by atomic mass is 9.85. The average Bonchev–Trinajstić information content (AvgIpc) is 2.20. The zero-order valence-corrected chi connectivity index (χ0v) is 10.5. The molecule has 4 nitrogen and oxygen atoms in total. The van der Waals surface area contributed by atoms with Crippen molar-refractivity contribution in [1.82, 2.24) is 10.2 Å². The van der Waals surface area contributed by atoms with Gasteiger partial charge >= 0.3 is 0 Å². The van der Waals surface area contributed by atoms with Gasteiger partial charge in [-0.2, -0.15) is 0 Å². The van der Waals surface area contributed by atoms with Gasteiger partial charge in [0.2, 0.25) is 5.91 Å². The van der Waals surface area contributed by atoms with E-state index in [1.807, 2.05) is 6.92 Å². The number of rotatable bonds is 7. The lowest BCUT2D eigenvalue weighted by Crippen LogP contribution is -2.44. The van der Waals surface area contributed by atoms with E-state index in [-0.39, 0.29) is 11.9 Å². The van der Waals surface area contributed by atoms with E-state index in [1.54, 1.807) is 0 Å². The molecule has 1 aliphatic rings. The fourth-order valence-corrected chi connectivity index (χ4v) is 2.13. The van der Waals surface area contributed by atoms with Crippen molar-refractivity contribution in [3.8, 4) is 0 Å². The van der Waals surface area contributed by atoms with Crippen LogP contribution in [-0.4, -0.2) is 43.5 Å². The van der Waals surface area contributed by atoms with E-state index >= 15 is 0 Å². The Bertz CT molecular complexity index is 216. The van der Waals surface area contributed by atoms with Crippen molar-refractivity contribution >= 4 is 5.91 Å². The Balaban J connectivity index is 2.30. The summed E-state index contributed by atoms with van der Waals surface area (Å²) < 4.78 is 0. The van der Waals surface area contributed by atoms with Crippen LogP contribution in [0.15, 0.2) is 0 Å². The van der Waals surface area contributed by atoms with Gasteiger partial charge in [0.15, 0.2) is 0 Å². The number of carbonyl (C=O) groups is 1. The highest BCUT2D eigenvalue weighted by Crippen LogP contribution is 2.27. The summed E-state index contributed by atoms with van der Waals surface area (Å²) in [6, 6.07) is 0.187. The van der Waals surface area contributed by atoms with Crippen LogP contribution >= 0.6 is 0 Å². The second-order valence-corrected chi connectivity index (χ2v) is 4.78. The molecule has 1 fully saturated rings. The Kier molecular flexibility index (Phi) is 5.77. The summed E-state index contributed by atoms with van der Waals surface area (Å²) in [4.78, 5) is 13.7. The Morgan fingerprint density at radius 2 is 2.25 bits per heavy atom. The Hall–Kier alpha value is -0.610. The van der Waals surface area contributed by atoms with Crippen molar-refractivity contribution < 1.29 is 4.79 Å². The van der Waals surface area contributed by atoms with Crippen molar-refractivity contribution in [2.75, 3.05) is 26.7 Å². The number of hydrogen-bond acceptors (Lipinski definition) is 3. The summed E-state index contributed by atoms with van der Waals surface area (Å²) in [6.45, 7) is 4.28. The quantitative estimate of drug-likeness (QED) is 0.668. The highest BCUT2D eigenvalue weighted by atomic mass is 16.1. The fourth-order valence-electron chi connectivity index (χ4n) is 2.13. The Morgan fingerprint density at radius 3 is 2.69 bits per heavy atom. The number of nitrogens with one attached hydrogen (secondary N) is 1. The molecule has 94 valence electrons. The third-order valence-corrected chi connectivity index (χ3v) is 3.46. The average molecular weight is 227 g/mol. The summed E-state index contributed by atoms with van der Waals surface area (Å²) >= 11 is 0. The number of nitrogens with zero attached hydrogens (tertiary/aromatic N) is 1. The van der Waals surface area contributed by atoms with Gasteiger partial charge in [-0.05, 0) is 32.7 Å². The zero-order chi connectivity index (χ0) is 12.0. The largest absolute Gasteiger partial charge is 0.356 e. The van der Waals surface area contributed by atoms with Crippen molar-refractivity contribution in [2.45, 2.75) is 38.6 Å². The molecule has 0 radical (unpaired) electrons. The molecular weight excluding hydrogens is 202 g/mol. The van der Waals surface area contributed by atoms with Crippen molar-refractivity contribution in [3.63, 3.8) is 0 Å². The van der Waals surface area contributed by atoms with E-state index < -0.39 is 0 Å². The number of carbonyl (C=O) groups excluding carboxylic acids is 1. The maximum absolute atomic E-state index is 11.5. The minimum atomic E-state index is 0.110. The first-order chi connectivity index (χ1) is 7.67. The standard InChI is InChI=1S/C12H25N3O/c1-3-14-12(16)7-11(8-13)15(2)9-10-5-4-6-10/h10-11H,3-9,13H2,1-2H3,(H,14,16).